The van der Waals surface area contributed by atoms with E-state index in [0.29, 0.717) is 37.3 Å². The lowest BCUT2D eigenvalue weighted by Crippen LogP contribution is -2.31. The number of hydrogen-bond donors (Lipinski definition) is 0. The summed E-state index contributed by atoms with van der Waals surface area (Å²) < 4.78 is 32.6. The summed E-state index contributed by atoms with van der Waals surface area (Å²) >= 11 is 0. The molecule has 1 unspecified atom stereocenters. The van der Waals surface area contributed by atoms with E-state index >= 15 is 0 Å². The molecule has 1 atom stereocenters. The van der Waals surface area contributed by atoms with Gasteiger partial charge in [0.05, 0.1) is 19.3 Å². The summed E-state index contributed by atoms with van der Waals surface area (Å²) in [5.41, 5.74) is 3.38. The maximum Gasteiger partial charge on any atom is 0.254 e. The van der Waals surface area contributed by atoms with E-state index in [-0.39, 0.29) is 11.9 Å². The zero-order valence-corrected chi connectivity index (χ0v) is 13.8. The van der Waals surface area contributed by atoms with Gasteiger partial charge in [0.15, 0.2) is 0 Å². The van der Waals surface area contributed by atoms with Crippen LogP contribution in [0.3, 0.4) is 0 Å². The molecule has 0 aromatic heterocycles. The number of halogens is 2. The number of carbonyl (C=O) groups is 1. The van der Waals surface area contributed by atoms with Crippen LogP contribution in [0.2, 0.25) is 0 Å². The highest BCUT2D eigenvalue weighted by Gasteiger charge is 2.31. The quantitative estimate of drug-likeness (QED) is 0.824. The van der Waals surface area contributed by atoms with Crippen molar-refractivity contribution < 1.29 is 18.3 Å². The highest BCUT2D eigenvalue weighted by atomic mass is 19.1. The number of likely N-dealkylation sites (tertiary alicyclic amines) is 1. The highest BCUT2D eigenvalue weighted by Crippen LogP contribution is 2.34. The number of carbonyl (C=O) groups excluding carboxylic acids is 1. The SMILES string of the molecule is O=C(c1ccc2c(c1)COCC2)N1CCCC1c1cc(F)cc(F)c1. The Morgan fingerprint density at radius 3 is 2.68 bits per heavy atom. The van der Waals surface area contributed by atoms with Gasteiger partial charge in [0.2, 0.25) is 0 Å². The van der Waals surface area contributed by atoms with Crippen molar-refractivity contribution in [3.05, 3.63) is 70.3 Å². The van der Waals surface area contributed by atoms with Crippen molar-refractivity contribution in [2.75, 3.05) is 13.2 Å². The van der Waals surface area contributed by atoms with Crippen LogP contribution in [0.1, 0.15) is 45.9 Å². The molecule has 0 spiro atoms. The summed E-state index contributed by atoms with van der Waals surface area (Å²) in [5.74, 6) is -1.32. The molecule has 0 N–H and O–H groups in total. The smallest absolute Gasteiger partial charge is 0.254 e. The minimum Gasteiger partial charge on any atom is -0.376 e. The van der Waals surface area contributed by atoms with Crippen molar-refractivity contribution in [3.8, 4) is 0 Å². The predicted molar refractivity (Wildman–Crippen MR) is 89.2 cm³/mol. The predicted octanol–water partition coefficient (Wildman–Crippen LogP) is 4.01. The van der Waals surface area contributed by atoms with Gasteiger partial charge < -0.3 is 9.64 Å². The van der Waals surface area contributed by atoms with E-state index in [4.69, 9.17) is 4.74 Å². The van der Waals surface area contributed by atoms with Gasteiger partial charge in [0, 0.05) is 18.2 Å². The van der Waals surface area contributed by atoms with Gasteiger partial charge in [-0.05, 0) is 60.2 Å². The minimum atomic E-state index is -0.611. The number of rotatable bonds is 2. The fraction of sp³-hybridized carbons (Fsp3) is 0.350. The molecule has 1 fully saturated rings. The Morgan fingerprint density at radius 1 is 1.08 bits per heavy atom. The van der Waals surface area contributed by atoms with Crippen molar-refractivity contribution in [2.24, 2.45) is 0 Å². The summed E-state index contributed by atoms with van der Waals surface area (Å²) in [7, 11) is 0. The molecule has 2 aliphatic heterocycles. The zero-order chi connectivity index (χ0) is 17.4. The monoisotopic (exact) mass is 343 g/mol. The molecule has 2 heterocycles. The van der Waals surface area contributed by atoms with Crippen LogP contribution in [0.4, 0.5) is 8.78 Å². The Balaban J connectivity index is 1.62. The maximum absolute atomic E-state index is 13.6. The van der Waals surface area contributed by atoms with Crippen LogP contribution in [-0.2, 0) is 17.8 Å². The number of fused-ring (bicyclic) bond motifs is 1. The van der Waals surface area contributed by atoms with Crippen molar-refractivity contribution in [2.45, 2.75) is 31.9 Å². The number of benzene rings is 2. The maximum atomic E-state index is 13.6. The van der Waals surface area contributed by atoms with Crippen molar-refractivity contribution in [3.63, 3.8) is 0 Å². The first-order valence-electron chi connectivity index (χ1n) is 8.58. The second-order valence-electron chi connectivity index (χ2n) is 6.65. The summed E-state index contributed by atoms with van der Waals surface area (Å²) in [5, 5.41) is 0. The topological polar surface area (TPSA) is 29.5 Å². The zero-order valence-electron chi connectivity index (χ0n) is 13.8. The van der Waals surface area contributed by atoms with E-state index in [1.807, 2.05) is 18.2 Å². The number of ether oxygens (including phenoxy) is 1. The van der Waals surface area contributed by atoms with E-state index in [2.05, 4.69) is 0 Å². The van der Waals surface area contributed by atoms with Gasteiger partial charge in [0.1, 0.15) is 11.6 Å². The van der Waals surface area contributed by atoms with Crippen LogP contribution in [-0.4, -0.2) is 24.0 Å². The van der Waals surface area contributed by atoms with E-state index in [0.717, 1.165) is 24.5 Å². The first-order chi connectivity index (χ1) is 12.1. The van der Waals surface area contributed by atoms with Crippen LogP contribution in [0, 0.1) is 11.6 Å². The van der Waals surface area contributed by atoms with Gasteiger partial charge in [-0.3, -0.25) is 4.79 Å². The number of hydrogen-bond acceptors (Lipinski definition) is 2. The number of amides is 1. The van der Waals surface area contributed by atoms with E-state index in [1.165, 1.54) is 17.7 Å². The van der Waals surface area contributed by atoms with Crippen LogP contribution in [0.25, 0.3) is 0 Å². The van der Waals surface area contributed by atoms with Crippen molar-refractivity contribution in [1.29, 1.82) is 0 Å². The normalized spacial score (nSPS) is 19.8. The minimum absolute atomic E-state index is 0.0967. The third-order valence-corrected chi connectivity index (χ3v) is 5.01. The molecule has 4 rings (SSSR count). The van der Waals surface area contributed by atoms with Gasteiger partial charge in [-0.1, -0.05) is 6.07 Å². The Hall–Kier alpha value is -2.27. The molecule has 130 valence electrons. The summed E-state index contributed by atoms with van der Waals surface area (Å²) in [6.07, 6.45) is 2.39. The Labute approximate surface area is 145 Å². The summed E-state index contributed by atoms with van der Waals surface area (Å²) in [4.78, 5) is 14.7. The lowest BCUT2D eigenvalue weighted by atomic mass is 9.99. The van der Waals surface area contributed by atoms with Gasteiger partial charge in [0.25, 0.3) is 5.91 Å². The number of nitrogens with zero attached hydrogens (tertiary/aromatic N) is 1. The Morgan fingerprint density at radius 2 is 1.88 bits per heavy atom. The standard InChI is InChI=1S/C20H19F2NO2/c21-17-9-15(10-18(22)11-17)19-2-1-6-23(19)20(24)14-4-3-13-5-7-25-12-16(13)8-14/h3-4,8-11,19H,1-2,5-7,12H2. The van der Waals surface area contributed by atoms with Gasteiger partial charge in [-0.2, -0.15) is 0 Å². The Bertz CT molecular complexity index is 801. The lowest BCUT2D eigenvalue weighted by Gasteiger charge is -2.26. The first kappa shape index (κ1) is 16.2. The van der Waals surface area contributed by atoms with E-state index in [1.54, 1.807) is 4.90 Å². The third-order valence-electron chi connectivity index (χ3n) is 5.01. The Kier molecular flexibility index (Phi) is 4.25. The molecular weight excluding hydrogens is 324 g/mol. The second-order valence-corrected chi connectivity index (χ2v) is 6.65. The fourth-order valence-electron chi connectivity index (χ4n) is 3.79. The fourth-order valence-corrected chi connectivity index (χ4v) is 3.79. The average molecular weight is 343 g/mol. The third kappa shape index (κ3) is 3.16. The first-order valence-corrected chi connectivity index (χ1v) is 8.58. The van der Waals surface area contributed by atoms with E-state index in [9.17, 15) is 13.6 Å². The molecule has 0 bridgehead atoms. The van der Waals surface area contributed by atoms with Crippen LogP contribution in [0.15, 0.2) is 36.4 Å². The molecule has 5 heteroatoms. The molecule has 1 amide bonds. The molecule has 3 nitrogen and oxygen atoms in total. The van der Waals surface area contributed by atoms with Crippen molar-refractivity contribution in [1.82, 2.24) is 4.90 Å². The average Bonchev–Trinajstić information content (AvgIpc) is 3.09. The van der Waals surface area contributed by atoms with Gasteiger partial charge >= 0.3 is 0 Å². The molecule has 25 heavy (non-hydrogen) atoms. The molecule has 2 aromatic carbocycles. The molecule has 1 saturated heterocycles. The molecular formula is C20H19F2NO2. The molecule has 2 aromatic rings. The highest BCUT2D eigenvalue weighted by molar-refractivity contribution is 5.95. The van der Waals surface area contributed by atoms with E-state index < -0.39 is 11.6 Å². The molecule has 2 aliphatic rings. The van der Waals surface area contributed by atoms with Gasteiger partial charge in [-0.25, -0.2) is 8.78 Å². The summed E-state index contributed by atoms with van der Waals surface area (Å²) in [6, 6.07) is 8.92. The second kappa shape index (κ2) is 6.56. The molecule has 0 saturated carbocycles. The lowest BCUT2D eigenvalue weighted by molar-refractivity contribution is 0.0734. The largest absolute Gasteiger partial charge is 0.376 e. The van der Waals surface area contributed by atoms with Crippen LogP contribution < -0.4 is 0 Å². The van der Waals surface area contributed by atoms with Crippen molar-refractivity contribution >= 4 is 5.91 Å². The van der Waals surface area contributed by atoms with Gasteiger partial charge in [-0.15, -0.1) is 0 Å². The molecule has 0 radical (unpaired) electrons. The molecule has 0 aliphatic carbocycles. The van der Waals surface area contributed by atoms with Crippen LogP contribution in [0.5, 0.6) is 0 Å². The summed E-state index contributed by atoms with van der Waals surface area (Å²) in [6.45, 7) is 1.82. The van der Waals surface area contributed by atoms with Crippen LogP contribution >= 0.6 is 0 Å².